The Bertz CT molecular complexity index is 58.2. The van der Waals surface area contributed by atoms with Crippen LogP contribution < -0.4 is 29.6 Å². The van der Waals surface area contributed by atoms with Gasteiger partial charge in [0, 0.05) is 0 Å². The van der Waals surface area contributed by atoms with Crippen molar-refractivity contribution in [2.45, 2.75) is 0 Å². The fraction of sp³-hybridized carbons (Fsp3) is 0. The summed E-state index contributed by atoms with van der Waals surface area (Å²) < 4.78 is 0. The van der Waals surface area contributed by atoms with Crippen LogP contribution in [-0.4, -0.2) is 0 Å². The van der Waals surface area contributed by atoms with Crippen molar-refractivity contribution in [1.82, 2.24) is 0 Å². The Kier molecular flexibility index (Phi) is 104. The van der Waals surface area contributed by atoms with Crippen molar-refractivity contribution >= 4 is 0 Å². The number of hydrogen-bond acceptors (Lipinski definition) is 0. The molecule has 0 heterocycles. The Morgan fingerprint density at radius 2 is 0.714 bits per heavy atom. The number of nitrogens with zero attached hydrogens (tertiary/aromatic N) is 6. The third-order valence-electron chi connectivity index (χ3n) is 0. The van der Waals surface area contributed by atoms with Crippen LogP contribution in [0.25, 0.3) is 31.9 Å². The second-order valence-electron chi connectivity index (χ2n) is 0.179. The predicted molar refractivity (Wildman–Crippen MR) is 20.2 cm³/mol. The van der Waals surface area contributed by atoms with E-state index in [1.807, 2.05) is 0 Å². The second kappa shape index (κ2) is 45.7. The number of hydrogen-bond donors (Lipinski definition) is 0. The van der Waals surface area contributed by atoms with E-state index in [0.29, 0.717) is 0 Å². The smallest absolute Gasteiger partial charge is 0.373 e. The molecule has 0 aliphatic heterocycles. The largest absolute Gasteiger partial charge is 1.00 e. The van der Waals surface area contributed by atoms with Crippen molar-refractivity contribution in [3.05, 3.63) is 31.9 Å². The molecule has 7 heteroatoms. The van der Waals surface area contributed by atoms with Gasteiger partial charge in [-0.2, -0.15) is 0 Å². The first-order valence-electron chi connectivity index (χ1n) is 0.800. The molecule has 0 fully saturated rings. The topological polar surface area (TPSA) is 117 Å². The van der Waals surface area contributed by atoms with Crippen LogP contribution >= 0.6 is 0 Å². The van der Waals surface area contributed by atoms with Crippen molar-refractivity contribution in [3.8, 4) is 0 Å². The Hall–Kier alpha value is -0.380. The molecule has 0 atom stereocenters. The average molecular weight is 107 g/mol. The molecule has 0 unspecified atom stereocenters. The van der Waals surface area contributed by atoms with Gasteiger partial charge in [-0.05, 0) is 0 Å². The maximum atomic E-state index is 6.75. The minimum absolute atomic E-state index is 0. The Labute approximate surface area is 61.6 Å². The first-order valence-corrected chi connectivity index (χ1v) is 0.800. The van der Waals surface area contributed by atoms with Gasteiger partial charge in [0.05, 0.1) is 0 Å². The molecule has 0 aromatic carbocycles. The predicted octanol–water partition coefficient (Wildman–Crippen LogP) is -1.26. The van der Waals surface area contributed by atoms with E-state index >= 15 is 0 Å². The van der Waals surface area contributed by atoms with Crippen LogP contribution in [-0.2, 0) is 0 Å². The summed E-state index contributed by atoms with van der Waals surface area (Å²) in [7, 11) is 0. The normalized spacial score (nSPS) is 2.29. The molecule has 0 saturated heterocycles. The van der Waals surface area contributed by atoms with Crippen LogP contribution in [0, 0.1) is 0 Å². The van der Waals surface area contributed by atoms with E-state index in [9.17, 15) is 0 Å². The quantitative estimate of drug-likeness (QED) is 0.159. The third kappa shape index (κ3) is 510. The minimum Gasteiger partial charge on any atom is -0.373 e. The van der Waals surface area contributed by atoms with Crippen LogP contribution in [0.1, 0.15) is 0 Å². The summed E-state index contributed by atoms with van der Waals surface area (Å²) in [6, 6.07) is 0. The molecule has 0 radical (unpaired) electrons. The molecule has 0 N–H and O–H groups in total. The fourth-order valence-electron chi connectivity index (χ4n) is 0. The molecule has 32 valence electrons. The summed E-state index contributed by atoms with van der Waals surface area (Å²) in [5.74, 6) is 0. The van der Waals surface area contributed by atoms with Gasteiger partial charge in [-0.1, -0.05) is 0 Å². The first-order chi connectivity index (χ1) is 2.83. The molecule has 7 heavy (non-hydrogen) atoms. The zero-order valence-corrected chi connectivity index (χ0v) is 5.68. The molecule has 6 nitrogen and oxygen atoms in total. The van der Waals surface area contributed by atoms with Crippen LogP contribution in [0.15, 0.2) is 0 Å². The molecular weight excluding hydrogens is 107 g/mol. The van der Waals surface area contributed by atoms with E-state index in [4.69, 9.17) is 22.1 Å². The summed E-state index contributed by atoms with van der Waals surface area (Å²) in [4.78, 5) is 3.00. The number of rotatable bonds is 0. The zero-order valence-electron chi connectivity index (χ0n) is 3.68. The second-order valence-corrected chi connectivity index (χ2v) is 0.179. The van der Waals surface area contributed by atoms with Gasteiger partial charge in [0.2, 0.25) is 0 Å². The average Bonchev–Trinajstić information content (AvgIpc) is 1.39. The van der Waals surface area contributed by atoms with Gasteiger partial charge in [-0.3, -0.25) is 9.82 Å². The summed E-state index contributed by atoms with van der Waals surface area (Å²) in [6.45, 7) is 0. The maximum Gasteiger partial charge on any atom is 1.00 e. The van der Waals surface area contributed by atoms with Crippen molar-refractivity contribution in [2.24, 2.45) is 0 Å². The van der Waals surface area contributed by atoms with Gasteiger partial charge in [-0.25, -0.2) is 0 Å². The zero-order chi connectivity index (χ0) is 5.41. The monoisotopic (exact) mass is 107 g/mol. The van der Waals surface area contributed by atoms with Crippen molar-refractivity contribution < 1.29 is 29.6 Å². The fourth-order valence-corrected chi connectivity index (χ4v) is 0. The van der Waals surface area contributed by atoms with Crippen LogP contribution in [0.3, 0.4) is 0 Å². The molecule has 0 spiro atoms. The Balaban J connectivity index is -0.0000000400. The van der Waals surface area contributed by atoms with E-state index in [1.54, 1.807) is 0 Å². The molecule has 0 aliphatic carbocycles. The van der Waals surface area contributed by atoms with Crippen molar-refractivity contribution in [1.29, 1.82) is 0 Å². The van der Waals surface area contributed by atoms with Gasteiger partial charge >= 0.3 is 29.6 Å². The Morgan fingerprint density at radius 3 is 0.714 bits per heavy atom. The van der Waals surface area contributed by atoms with Gasteiger partial charge in [0.25, 0.3) is 0 Å². The minimum atomic E-state index is 0. The molecule has 0 amide bonds. The molecule has 0 saturated carbocycles. The van der Waals surface area contributed by atoms with Crippen molar-refractivity contribution in [3.63, 3.8) is 0 Å². The first kappa shape index (κ1) is 16.0. The van der Waals surface area contributed by atoms with Crippen LogP contribution in [0.4, 0.5) is 0 Å². The van der Waals surface area contributed by atoms with E-state index in [2.05, 4.69) is 0 Å². The Morgan fingerprint density at radius 1 is 0.714 bits per heavy atom. The van der Waals surface area contributed by atoms with Gasteiger partial charge in [0.15, 0.2) is 0 Å². The molecule has 0 aliphatic rings. The van der Waals surface area contributed by atoms with Gasteiger partial charge in [-0.15, -0.1) is 0 Å². The van der Waals surface area contributed by atoms with Crippen molar-refractivity contribution in [2.75, 3.05) is 0 Å². The van der Waals surface area contributed by atoms with Crippen LogP contribution in [0.2, 0.25) is 0 Å². The maximum absolute atomic E-state index is 6.75. The van der Waals surface area contributed by atoms with E-state index in [0.717, 1.165) is 0 Å². The van der Waals surface area contributed by atoms with Gasteiger partial charge < -0.3 is 22.1 Å². The summed E-state index contributed by atoms with van der Waals surface area (Å²) in [6.07, 6.45) is 0. The summed E-state index contributed by atoms with van der Waals surface area (Å²) in [5.41, 5.74) is 27.0. The van der Waals surface area contributed by atoms with E-state index in [-0.39, 0.29) is 29.6 Å². The summed E-state index contributed by atoms with van der Waals surface area (Å²) >= 11 is 0. The molecule has 0 aromatic heterocycles. The molecule has 0 aromatic rings. The SMILES string of the molecule is [N-]=[N+]=[N-].[N-]=[N+]=[N-].[Na+]. The third-order valence-corrected chi connectivity index (χ3v) is 0. The standard InChI is InChI=1S/2N3.Na/c2*1-3-2;/q2*-1;+1. The van der Waals surface area contributed by atoms with Gasteiger partial charge in [0.1, 0.15) is 0 Å². The van der Waals surface area contributed by atoms with E-state index < -0.39 is 0 Å². The molecule has 0 bridgehead atoms. The van der Waals surface area contributed by atoms with Crippen LogP contribution in [0.5, 0.6) is 0 Å². The molecular formula is N6Na-. The molecule has 0 rings (SSSR count). The summed E-state index contributed by atoms with van der Waals surface area (Å²) in [5, 5.41) is 0. The van der Waals surface area contributed by atoms with E-state index in [1.165, 1.54) is 9.82 Å².